The van der Waals surface area contributed by atoms with Gasteiger partial charge < -0.3 is 14.2 Å². The molecule has 0 amide bonds. The smallest absolute Gasteiger partial charge is 0.306 e. The van der Waals surface area contributed by atoms with Crippen molar-refractivity contribution >= 4 is 17.9 Å². The maximum atomic E-state index is 12.9. The van der Waals surface area contributed by atoms with E-state index in [2.05, 4.69) is 191 Å². The van der Waals surface area contributed by atoms with Crippen LogP contribution in [-0.2, 0) is 28.6 Å². The van der Waals surface area contributed by atoms with Crippen molar-refractivity contribution in [1.82, 2.24) is 0 Å². The Morgan fingerprint density at radius 2 is 0.456 bits per heavy atom. The summed E-state index contributed by atoms with van der Waals surface area (Å²) in [4.78, 5) is 38.3. The molecule has 0 aliphatic heterocycles. The Bertz CT molecular complexity index is 1820. The second-order valence-electron chi connectivity index (χ2n) is 20.2. The lowest BCUT2D eigenvalue weighted by Gasteiger charge is -2.18. The van der Waals surface area contributed by atoms with Crippen molar-refractivity contribution in [2.45, 2.75) is 258 Å². The van der Waals surface area contributed by atoms with E-state index in [4.69, 9.17) is 14.2 Å². The molecular formula is C73H114O6. The van der Waals surface area contributed by atoms with Gasteiger partial charge in [-0.1, -0.05) is 255 Å². The molecule has 1 atom stereocenters. The molecule has 0 aromatic rings. The van der Waals surface area contributed by atoms with E-state index in [-0.39, 0.29) is 37.5 Å². The minimum atomic E-state index is -0.816. The molecule has 0 saturated carbocycles. The van der Waals surface area contributed by atoms with Gasteiger partial charge in [-0.25, -0.2) is 0 Å². The Balaban J connectivity index is 4.46. The number of hydrogen-bond donors (Lipinski definition) is 0. The zero-order chi connectivity index (χ0) is 57.1. The third-order valence-electron chi connectivity index (χ3n) is 12.7. The molecule has 0 aliphatic carbocycles. The van der Waals surface area contributed by atoms with Crippen molar-refractivity contribution in [3.63, 3.8) is 0 Å². The molecule has 0 rings (SSSR count). The lowest BCUT2D eigenvalue weighted by atomic mass is 10.1. The maximum absolute atomic E-state index is 12.9. The van der Waals surface area contributed by atoms with Gasteiger partial charge in [0.25, 0.3) is 0 Å². The maximum Gasteiger partial charge on any atom is 0.306 e. The largest absolute Gasteiger partial charge is 0.462 e. The van der Waals surface area contributed by atoms with Gasteiger partial charge in [-0.3, -0.25) is 14.4 Å². The second kappa shape index (κ2) is 65.3. The molecule has 0 aliphatic rings. The minimum absolute atomic E-state index is 0.109. The third kappa shape index (κ3) is 63.5. The van der Waals surface area contributed by atoms with Crippen LogP contribution in [0.15, 0.2) is 170 Å². The van der Waals surface area contributed by atoms with Crippen molar-refractivity contribution in [3.05, 3.63) is 170 Å². The molecule has 0 bridgehead atoms. The molecular weight excluding hydrogens is 973 g/mol. The number of allylic oxidation sites excluding steroid dienone is 28. The van der Waals surface area contributed by atoms with Gasteiger partial charge in [0.2, 0.25) is 0 Å². The monoisotopic (exact) mass is 1090 g/mol. The number of rotatable bonds is 55. The number of ether oxygens (including phenoxy) is 3. The molecule has 0 fully saturated rings. The van der Waals surface area contributed by atoms with Crippen LogP contribution in [0.5, 0.6) is 0 Å². The summed E-state index contributed by atoms with van der Waals surface area (Å²) in [6.07, 6.45) is 96.3. The zero-order valence-corrected chi connectivity index (χ0v) is 50.6. The summed E-state index contributed by atoms with van der Waals surface area (Å²) in [6.45, 7) is 6.24. The SMILES string of the molecule is CC/C=C\C/C=C\C/C=C\C/C=C\C/C=C\C/C=C\CCCCCCCCCCC(=O)OCC(COC(=O)CCCCCC/C=C\C/C=C\C/C=C\C/C=C\CC)OC(=O)CCCCCC/C=C\C/C=C\C/C=C\C/C=C\CC. The molecule has 442 valence electrons. The fraction of sp³-hybridized carbons (Fsp3) is 0.575. The van der Waals surface area contributed by atoms with E-state index >= 15 is 0 Å². The van der Waals surface area contributed by atoms with Crippen LogP contribution in [0.25, 0.3) is 0 Å². The lowest BCUT2D eigenvalue weighted by molar-refractivity contribution is -0.167. The molecule has 0 aromatic carbocycles. The number of carbonyl (C=O) groups is 3. The fourth-order valence-corrected chi connectivity index (χ4v) is 8.07. The summed E-state index contributed by atoms with van der Waals surface area (Å²) in [5, 5.41) is 0. The Kier molecular flexibility index (Phi) is 61.0. The quantitative estimate of drug-likeness (QED) is 0.0261. The molecule has 0 heterocycles. The van der Waals surface area contributed by atoms with Crippen LogP contribution in [-0.4, -0.2) is 37.2 Å². The fourth-order valence-electron chi connectivity index (χ4n) is 8.07. The summed E-state index contributed by atoms with van der Waals surface area (Å²) in [5.41, 5.74) is 0. The van der Waals surface area contributed by atoms with Crippen molar-refractivity contribution in [3.8, 4) is 0 Å². The first kappa shape index (κ1) is 73.8. The highest BCUT2D eigenvalue weighted by Gasteiger charge is 2.19. The number of unbranched alkanes of at least 4 members (excludes halogenated alkanes) is 16. The summed E-state index contributed by atoms with van der Waals surface area (Å²) in [6, 6.07) is 0. The predicted octanol–water partition coefficient (Wildman–Crippen LogP) is 21.9. The normalized spacial score (nSPS) is 13.3. The van der Waals surface area contributed by atoms with Gasteiger partial charge in [0.05, 0.1) is 0 Å². The van der Waals surface area contributed by atoms with E-state index in [0.29, 0.717) is 12.8 Å². The average molecular weight is 1090 g/mol. The first-order chi connectivity index (χ1) is 39.0. The molecule has 1 unspecified atom stereocenters. The van der Waals surface area contributed by atoms with E-state index in [1.165, 1.54) is 32.1 Å². The van der Waals surface area contributed by atoms with Crippen molar-refractivity contribution in [2.24, 2.45) is 0 Å². The van der Waals surface area contributed by atoms with E-state index < -0.39 is 6.10 Å². The summed E-state index contributed by atoms with van der Waals surface area (Å²) >= 11 is 0. The van der Waals surface area contributed by atoms with Crippen LogP contribution in [0.3, 0.4) is 0 Å². The summed E-state index contributed by atoms with van der Waals surface area (Å²) in [5.74, 6) is -0.970. The highest BCUT2D eigenvalue weighted by atomic mass is 16.6. The standard InChI is InChI=1S/C73H114O6/c1-4-7-10-13-16-19-22-25-28-31-32-33-34-35-36-37-38-39-40-43-45-48-51-54-57-60-63-66-72(75)78-69-70(79-73(76)67-64-61-58-55-52-49-46-42-30-27-24-21-18-15-12-9-6-3)68-77-71(74)65-62-59-56-53-50-47-44-41-29-26-23-20-17-14-11-8-5-2/h7-12,16-21,25-30,32-33,35-36,38-39,44,46-47,49,70H,4-6,13-15,22-24,31,34,37,40-43,45,48,50-69H2,1-3H3/b10-7-,11-8-,12-9-,19-16-,20-17-,21-18-,28-25-,29-26-,30-27-,33-32-,36-35-,39-38-,47-44-,49-46-. The molecule has 6 heteroatoms. The van der Waals surface area contributed by atoms with E-state index in [1.807, 2.05) is 0 Å². The number of carbonyl (C=O) groups excluding carboxylic acids is 3. The second-order valence-corrected chi connectivity index (χ2v) is 20.2. The first-order valence-corrected chi connectivity index (χ1v) is 31.6. The van der Waals surface area contributed by atoms with Gasteiger partial charge in [-0.05, 0) is 148 Å². The van der Waals surface area contributed by atoms with Crippen molar-refractivity contribution in [1.29, 1.82) is 0 Å². The van der Waals surface area contributed by atoms with Crippen LogP contribution in [0.2, 0.25) is 0 Å². The Hall–Kier alpha value is -5.23. The molecule has 0 saturated heterocycles. The number of hydrogen-bond acceptors (Lipinski definition) is 6. The molecule has 6 nitrogen and oxygen atoms in total. The summed E-state index contributed by atoms with van der Waals surface area (Å²) < 4.78 is 16.9. The third-order valence-corrected chi connectivity index (χ3v) is 12.7. The summed E-state index contributed by atoms with van der Waals surface area (Å²) in [7, 11) is 0. The molecule has 0 aromatic heterocycles. The molecule has 79 heavy (non-hydrogen) atoms. The Labute approximate surface area is 485 Å². The predicted molar refractivity (Wildman–Crippen MR) is 343 cm³/mol. The van der Waals surface area contributed by atoms with Crippen molar-refractivity contribution in [2.75, 3.05) is 13.2 Å². The molecule has 0 spiro atoms. The van der Waals surface area contributed by atoms with E-state index in [1.54, 1.807) is 0 Å². The topological polar surface area (TPSA) is 78.9 Å². The highest BCUT2D eigenvalue weighted by molar-refractivity contribution is 5.71. The van der Waals surface area contributed by atoms with E-state index in [0.717, 1.165) is 180 Å². The van der Waals surface area contributed by atoms with Crippen LogP contribution in [0.1, 0.15) is 252 Å². The van der Waals surface area contributed by atoms with Crippen molar-refractivity contribution < 1.29 is 28.6 Å². The highest BCUT2D eigenvalue weighted by Crippen LogP contribution is 2.14. The van der Waals surface area contributed by atoms with Crippen LogP contribution in [0.4, 0.5) is 0 Å². The van der Waals surface area contributed by atoms with Gasteiger partial charge in [0, 0.05) is 19.3 Å². The molecule has 0 N–H and O–H groups in total. The van der Waals surface area contributed by atoms with Gasteiger partial charge in [0.1, 0.15) is 13.2 Å². The van der Waals surface area contributed by atoms with Crippen LogP contribution >= 0.6 is 0 Å². The van der Waals surface area contributed by atoms with Gasteiger partial charge in [-0.15, -0.1) is 0 Å². The van der Waals surface area contributed by atoms with Crippen LogP contribution < -0.4 is 0 Å². The molecule has 0 radical (unpaired) electrons. The first-order valence-electron chi connectivity index (χ1n) is 31.6. The van der Waals surface area contributed by atoms with Gasteiger partial charge in [-0.2, -0.15) is 0 Å². The zero-order valence-electron chi connectivity index (χ0n) is 50.6. The minimum Gasteiger partial charge on any atom is -0.462 e. The van der Waals surface area contributed by atoms with Crippen LogP contribution in [0, 0.1) is 0 Å². The number of esters is 3. The Morgan fingerprint density at radius 1 is 0.253 bits per heavy atom. The lowest BCUT2D eigenvalue weighted by Crippen LogP contribution is -2.30. The van der Waals surface area contributed by atoms with Gasteiger partial charge in [0.15, 0.2) is 6.10 Å². The average Bonchev–Trinajstić information content (AvgIpc) is 3.45. The Morgan fingerprint density at radius 3 is 0.709 bits per heavy atom. The van der Waals surface area contributed by atoms with Gasteiger partial charge >= 0.3 is 17.9 Å². The van der Waals surface area contributed by atoms with E-state index in [9.17, 15) is 14.4 Å².